The van der Waals surface area contributed by atoms with E-state index >= 15 is 0 Å². The Morgan fingerprint density at radius 2 is 1.96 bits per heavy atom. The number of amides is 1. The van der Waals surface area contributed by atoms with Gasteiger partial charge in [0.05, 0.1) is 18.8 Å². The number of carbonyl (C=O) groups is 1. The zero-order chi connectivity index (χ0) is 17.1. The van der Waals surface area contributed by atoms with Gasteiger partial charge >= 0.3 is 0 Å². The highest BCUT2D eigenvalue weighted by Crippen LogP contribution is 2.33. The highest BCUT2D eigenvalue weighted by atomic mass is 16.5. The second-order valence-corrected chi connectivity index (χ2v) is 6.09. The van der Waals surface area contributed by atoms with Crippen LogP contribution in [0.4, 0.5) is 5.69 Å². The Balaban J connectivity index is 1.79. The second kappa shape index (κ2) is 7.01. The summed E-state index contributed by atoms with van der Waals surface area (Å²) in [5.41, 5.74) is 2.01. The molecule has 1 aromatic carbocycles. The number of ether oxygens (including phenoxy) is 1. The molecule has 1 fully saturated rings. The molecule has 0 N–H and O–H groups in total. The molecule has 1 aliphatic rings. The minimum atomic E-state index is -0.127. The number of likely N-dealkylation sites (N-methyl/N-ethyl adjacent to an activating group) is 1. The van der Waals surface area contributed by atoms with Crippen LogP contribution in [0, 0.1) is 0 Å². The Morgan fingerprint density at radius 1 is 1.25 bits per heavy atom. The van der Waals surface area contributed by atoms with E-state index in [1.54, 1.807) is 19.5 Å². The minimum absolute atomic E-state index is 0.127. The number of rotatable bonds is 5. The maximum atomic E-state index is 13.0. The summed E-state index contributed by atoms with van der Waals surface area (Å²) in [6.45, 7) is 2.83. The van der Waals surface area contributed by atoms with Crippen molar-refractivity contribution in [2.24, 2.45) is 0 Å². The van der Waals surface area contributed by atoms with Crippen LogP contribution in [0.3, 0.4) is 0 Å². The van der Waals surface area contributed by atoms with Crippen molar-refractivity contribution in [3.63, 3.8) is 0 Å². The van der Waals surface area contributed by atoms with Gasteiger partial charge in [-0.3, -0.25) is 14.7 Å². The summed E-state index contributed by atoms with van der Waals surface area (Å²) < 4.78 is 5.40. The number of pyridine rings is 1. The number of benzene rings is 1. The smallest absolute Gasteiger partial charge is 0.244 e. The van der Waals surface area contributed by atoms with Crippen LogP contribution in [0.5, 0.6) is 5.75 Å². The fraction of sp³-hybridized carbons (Fsp3) is 0.368. The number of para-hydroxylation sites is 2. The van der Waals surface area contributed by atoms with E-state index in [4.69, 9.17) is 4.74 Å². The van der Waals surface area contributed by atoms with Gasteiger partial charge in [-0.2, -0.15) is 0 Å². The molecule has 5 heteroatoms. The molecule has 1 saturated heterocycles. The third-order valence-corrected chi connectivity index (χ3v) is 4.84. The fourth-order valence-electron chi connectivity index (χ4n) is 3.28. The lowest BCUT2D eigenvalue weighted by molar-refractivity contribution is -0.121. The molecule has 0 radical (unpaired) electrons. The molecular weight excluding hydrogens is 302 g/mol. The van der Waals surface area contributed by atoms with Crippen molar-refractivity contribution in [3.05, 3.63) is 54.4 Å². The predicted molar refractivity (Wildman–Crippen MR) is 94.2 cm³/mol. The van der Waals surface area contributed by atoms with Crippen molar-refractivity contribution in [2.45, 2.75) is 25.4 Å². The van der Waals surface area contributed by atoms with Crippen LogP contribution in [0.2, 0.25) is 0 Å². The number of aromatic nitrogens is 1. The molecule has 24 heavy (non-hydrogen) atoms. The van der Waals surface area contributed by atoms with Crippen molar-refractivity contribution >= 4 is 11.6 Å². The average Bonchev–Trinajstić information content (AvgIpc) is 3.02. The lowest BCUT2D eigenvalue weighted by Gasteiger charge is -2.30. The van der Waals surface area contributed by atoms with Crippen LogP contribution in [0.15, 0.2) is 48.8 Å². The van der Waals surface area contributed by atoms with Crippen LogP contribution in [-0.4, -0.2) is 42.5 Å². The highest BCUT2D eigenvalue weighted by Gasteiger charge is 2.37. The predicted octanol–water partition coefficient (Wildman–Crippen LogP) is 2.89. The largest absolute Gasteiger partial charge is 0.495 e. The van der Waals surface area contributed by atoms with E-state index in [1.807, 2.05) is 48.3 Å². The SMILES string of the molecule is COc1ccccc1N1CC[C@H](N(C)[C@H](C)c2ccncc2)C1=O. The summed E-state index contributed by atoms with van der Waals surface area (Å²) >= 11 is 0. The molecule has 0 bridgehead atoms. The molecule has 3 rings (SSSR count). The van der Waals surface area contributed by atoms with Crippen LogP contribution in [-0.2, 0) is 4.79 Å². The van der Waals surface area contributed by atoms with Gasteiger partial charge in [-0.15, -0.1) is 0 Å². The molecule has 2 aromatic rings. The Kier molecular flexibility index (Phi) is 4.81. The van der Waals surface area contributed by atoms with Crippen LogP contribution in [0.1, 0.15) is 24.9 Å². The topological polar surface area (TPSA) is 45.7 Å². The summed E-state index contributed by atoms with van der Waals surface area (Å²) in [7, 11) is 3.65. The first-order valence-electron chi connectivity index (χ1n) is 8.19. The number of methoxy groups -OCH3 is 1. The average molecular weight is 325 g/mol. The quantitative estimate of drug-likeness (QED) is 0.848. The molecule has 1 amide bonds. The highest BCUT2D eigenvalue weighted by molar-refractivity contribution is 6.00. The van der Waals surface area contributed by atoms with Crippen molar-refractivity contribution in [1.29, 1.82) is 0 Å². The lowest BCUT2D eigenvalue weighted by Crippen LogP contribution is -2.41. The fourth-order valence-corrected chi connectivity index (χ4v) is 3.28. The van der Waals surface area contributed by atoms with Gasteiger partial charge < -0.3 is 9.64 Å². The van der Waals surface area contributed by atoms with E-state index < -0.39 is 0 Å². The van der Waals surface area contributed by atoms with E-state index in [-0.39, 0.29) is 18.0 Å². The van der Waals surface area contributed by atoms with Crippen molar-refractivity contribution in [3.8, 4) is 5.75 Å². The van der Waals surface area contributed by atoms with Gasteiger partial charge in [0, 0.05) is 25.0 Å². The number of hydrogen-bond acceptors (Lipinski definition) is 4. The van der Waals surface area contributed by atoms with Crippen molar-refractivity contribution in [2.75, 3.05) is 25.6 Å². The van der Waals surface area contributed by atoms with E-state index in [1.165, 1.54) is 0 Å². The molecular formula is C19H23N3O2. The normalized spacial score (nSPS) is 18.9. The Labute approximate surface area is 142 Å². The summed E-state index contributed by atoms with van der Waals surface area (Å²) in [6.07, 6.45) is 4.39. The molecule has 5 nitrogen and oxygen atoms in total. The number of nitrogens with zero attached hydrogens (tertiary/aromatic N) is 3. The molecule has 1 aliphatic heterocycles. The summed E-state index contributed by atoms with van der Waals surface area (Å²) in [5.74, 6) is 0.860. The van der Waals surface area contributed by atoms with E-state index in [0.717, 1.165) is 23.4 Å². The maximum absolute atomic E-state index is 13.0. The van der Waals surface area contributed by atoms with Gasteiger partial charge in [0.15, 0.2) is 0 Å². The van der Waals surface area contributed by atoms with Gasteiger partial charge in [0.25, 0.3) is 0 Å². The second-order valence-electron chi connectivity index (χ2n) is 6.09. The first-order valence-corrected chi connectivity index (χ1v) is 8.19. The van der Waals surface area contributed by atoms with Gasteiger partial charge in [0.1, 0.15) is 5.75 Å². The zero-order valence-electron chi connectivity index (χ0n) is 14.3. The minimum Gasteiger partial charge on any atom is -0.495 e. The van der Waals surface area contributed by atoms with Gasteiger partial charge in [0.2, 0.25) is 5.91 Å². The molecule has 1 aromatic heterocycles. The molecule has 0 aliphatic carbocycles. The zero-order valence-corrected chi connectivity index (χ0v) is 14.3. The summed E-state index contributed by atoms with van der Waals surface area (Å²) in [4.78, 5) is 21.0. The lowest BCUT2D eigenvalue weighted by atomic mass is 10.1. The van der Waals surface area contributed by atoms with Gasteiger partial charge in [-0.1, -0.05) is 12.1 Å². The van der Waals surface area contributed by atoms with E-state index in [9.17, 15) is 4.79 Å². The number of anilines is 1. The number of hydrogen-bond donors (Lipinski definition) is 0. The molecule has 126 valence electrons. The van der Waals surface area contributed by atoms with Crippen LogP contribution < -0.4 is 9.64 Å². The molecule has 0 spiro atoms. The Morgan fingerprint density at radius 3 is 2.67 bits per heavy atom. The number of carbonyl (C=O) groups excluding carboxylic acids is 1. The van der Waals surface area contributed by atoms with Gasteiger partial charge in [-0.25, -0.2) is 0 Å². The standard InChI is InChI=1S/C19H23N3O2/c1-14(15-8-11-20-12-9-15)21(2)17-10-13-22(19(17)23)16-6-4-5-7-18(16)24-3/h4-9,11-12,14,17H,10,13H2,1-3H3/t14-,17+/m1/s1. The first kappa shape index (κ1) is 16.5. The Bertz CT molecular complexity index is 705. The third-order valence-electron chi connectivity index (χ3n) is 4.84. The van der Waals surface area contributed by atoms with Crippen molar-refractivity contribution in [1.82, 2.24) is 9.88 Å². The van der Waals surface area contributed by atoms with Crippen LogP contribution in [0.25, 0.3) is 0 Å². The maximum Gasteiger partial charge on any atom is 0.244 e. The summed E-state index contributed by atoms with van der Waals surface area (Å²) in [5, 5.41) is 0. The molecule has 0 unspecified atom stereocenters. The molecule has 2 heterocycles. The monoisotopic (exact) mass is 325 g/mol. The molecule has 0 saturated carbocycles. The van der Waals surface area contributed by atoms with Crippen molar-refractivity contribution < 1.29 is 9.53 Å². The summed E-state index contributed by atoms with van der Waals surface area (Å²) in [6, 6.07) is 11.7. The third kappa shape index (κ3) is 2.99. The van der Waals surface area contributed by atoms with Crippen LogP contribution >= 0.6 is 0 Å². The van der Waals surface area contributed by atoms with E-state index in [2.05, 4.69) is 16.8 Å². The first-order chi connectivity index (χ1) is 11.6. The molecule has 2 atom stereocenters. The van der Waals surface area contributed by atoms with E-state index in [0.29, 0.717) is 6.54 Å². The Hall–Kier alpha value is -2.40. The van der Waals surface area contributed by atoms with Gasteiger partial charge in [-0.05, 0) is 50.2 Å².